The molecule has 0 aliphatic carbocycles. The van der Waals surface area contributed by atoms with Crippen LogP contribution in [0, 0.1) is 11.3 Å². The zero-order valence-corrected chi connectivity index (χ0v) is 8.97. The molecule has 1 aromatic rings. The van der Waals surface area contributed by atoms with E-state index in [0.717, 1.165) is 5.69 Å². The monoisotopic (exact) mass is 219 g/mol. The van der Waals surface area contributed by atoms with Gasteiger partial charge in [-0.15, -0.1) is 0 Å². The molecule has 5 nitrogen and oxygen atoms in total. The molecule has 0 amide bonds. The quantitative estimate of drug-likeness (QED) is 0.785. The van der Waals surface area contributed by atoms with Crippen LogP contribution in [0.25, 0.3) is 0 Å². The number of nitriles is 1. The number of rotatable bonds is 5. The van der Waals surface area contributed by atoms with Crippen molar-refractivity contribution in [2.24, 2.45) is 0 Å². The smallest absolute Gasteiger partial charge is 0.305 e. The molecule has 2 N–H and O–H groups in total. The van der Waals surface area contributed by atoms with Gasteiger partial charge in [0.2, 0.25) is 0 Å². The van der Waals surface area contributed by atoms with Crippen molar-refractivity contribution in [2.45, 2.75) is 25.8 Å². The summed E-state index contributed by atoms with van der Waals surface area (Å²) in [5, 5.41) is 20.3. The Hall–Kier alpha value is -2.09. The third-order valence-corrected chi connectivity index (χ3v) is 2.16. The summed E-state index contributed by atoms with van der Waals surface area (Å²) in [7, 11) is 0. The molecule has 16 heavy (non-hydrogen) atoms. The van der Waals surface area contributed by atoms with Gasteiger partial charge in [-0.2, -0.15) is 5.26 Å². The molecule has 5 heteroatoms. The molecular weight excluding hydrogens is 206 g/mol. The van der Waals surface area contributed by atoms with Crippen LogP contribution in [0.3, 0.4) is 0 Å². The van der Waals surface area contributed by atoms with E-state index in [4.69, 9.17) is 10.4 Å². The molecule has 0 spiro atoms. The first kappa shape index (κ1) is 12.0. The molecule has 0 aromatic carbocycles. The van der Waals surface area contributed by atoms with Crippen LogP contribution in [-0.2, 0) is 4.79 Å². The molecule has 1 heterocycles. The second kappa shape index (κ2) is 5.71. The fourth-order valence-electron chi connectivity index (χ4n) is 1.29. The molecule has 0 aliphatic rings. The molecule has 1 atom stereocenters. The highest BCUT2D eigenvalue weighted by atomic mass is 16.4. The Labute approximate surface area is 93.7 Å². The van der Waals surface area contributed by atoms with Crippen LogP contribution in [0.1, 0.15) is 25.5 Å². The zero-order valence-electron chi connectivity index (χ0n) is 8.97. The lowest BCUT2D eigenvalue weighted by Gasteiger charge is -2.15. The number of nitrogens with one attached hydrogen (secondary N) is 1. The molecule has 1 aromatic heterocycles. The van der Waals surface area contributed by atoms with Gasteiger partial charge < -0.3 is 10.4 Å². The maximum atomic E-state index is 10.6. The van der Waals surface area contributed by atoms with Gasteiger partial charge in [0, 0.05) is 6.04 Å². The Morgan fingerprint density at radius 3 is 2.88 bits per heavy atom. The fourth-order valence-corrected chi connectivity index (χ4v) is 1.29. The summed E-state index contributed by atoms with van der Waals surface area (Å²) in [6.07, 6.45) is 2.31. The largest absolute Gasteiger partial charge is 0.481 e. The van der Waals surface area contributed by atoms with Gasteiger partial charge >= 0.3 is 5.97 Å². The maximum absolute atomic E-state index is 10.6. The number of pyridine rings is 1. The van der Waals surface area contributed by atoms with E-state index < -0.39 is 5.97 Å². The number of hydrogen-bond acceptors (Lipinski definition) is 4. The van der Waals surface area contributed by atoms with Gasteiger partial charge in [-0.05, 0) is 18.6 Å². The van der Waals surface area contributed by atoms with Gasteiger partial charge in [0.05, 0.1) is 18.3 Å². The maximum Gasteiger partial charge on any atom is 0.305 e. The average molecular weight is 219 g/mol. The molecule has 0 aliphatic heterocycles. The Kier molecular flexibility index (Phi) is 4.28. The number of anilines is 1. The van der Waals surface area contributed by atoms with Gasteiger partial charge in [-0.25, -0.2) is 4.98 Å². The predicted octanol–water partition coefficient (Wildman–Crippen LogP) is 1.62. The van der Waals surface area contributed by atoms with E-state index in [-0.39, 0.29) is 12.5 Å². The second-order valence-corrected chi connectivity index (χ2v) is 3.39. The molecule has 0 saturated carbocycles. The minimum Gasteiger partial charge on any atom is -0.481 e. The molecular formula is C11H13N3O2. The van der Waals surface area contributed by atoms with Crippen molar-refractivity contribution < 1.29 is 9.90 Å². The van der Waals surface area contributed by atoms with Crippen LogP contribution >= 0.6 is 0 Å². The summed E-state index contributed by atoms with van der Waals surface area (Å²) in [5.74, 6) is -0.832. The van der Waals surface area contributed by atoms with E-state index in [0.29, 0.717) is 12.1 Å². The lowest BCUT2D eigenvalue weighted by atomic mass is 10.1. The van der Waals surface area contributed by atoms with E-state index in [9.17, 15) is 4.79 Å². The Morgan fingerprint density at radius 2 is 2.44 bits per heavy atom. The predicted molar refractivity (Wildman–Crippen MR) is 58.9 cm³/mol. The van der Waals surface area contributed by atoms with Gasteiger partial charge in [-0.1, -0.05) is 6.92 Å². The lowest BCUT2D eigenvalue weighted by molar-refractivity contribution is -0.137. The second-order valence-electron chi connectivity index (χ2n) is 3.39. The summed E-state index contributed by atoms with van der Waals surface area (Å²) in [5.41, 5.74) is 1.07. The van der Waals surface area contributed by atoms with Crippen molar-refractivity contribution in [3.05, 3.63) is 24.0 Å². The SMILES string of the molecule is CCC(CC(=O)O)Nc1ccc(C#N)nc1. The summed E-state index contributed by atoms with van der Waals surface area (Å²) in [4.78, 5) is 14.5. The normalized spacial score (nSPS) is 11.5. The number of nitrogens with zero attached hydrogens (tertiary/aromatic N) is 2. The number of hydrogen-bond donors (Lipinski definition) is 2. The van der Waals surface area contributed by atoms with Crippen LogP contribution in [0.2, 0.25) is 0 Å². The zero-order chi connectivity index (χ0) is 12.0. The van der Waals surface area contributed by atoms with Crippen molar-refractivity contribution in [2.75, 3.05) is 5.32 Å². The summed E-state index contributed by atoms with van der Waals surface area (Å²) < 4.78 is 0. The third-order valence-electron chi connectivity index (χ3n) is 2.16. The molecule has 0 bridgehead atoms. The summed E-state index contributed by atoms with van der Waals surface area (Å²) >= 11 is 0. The first-order chi connectivity index (χ1) is 7.65. The standard InChI is InChI=1S/C11H13N3O2/c1-2-8(5-11(15)16)14-10-4-3-9(6-12)13-7-10/h3-4,7-8,14H,2,5H2,1H3,(H,15,16). The highest BCUT2D eigenvalue weighted by Crippen LogP contribution is 2.11. The number of aliphatic carboxylic acids is 1. The third kappa shape index (κ3) is 3.58. The van der Waals surface area contributed by atoms with Crippen LogP contribution < -0.4 is 5.32 Å². The van der Waals surface area contributed by atoms with E-state index in [1.54, 1.807) is 12.1 Å². The Morgan fingerprint density at radius 1 is 1.69 bits per heavy atom. The van der Waals surface area contributed by atoms with Crippen LogP contribution in [0.4, 0.5) is 5.69 Å². The topological polar surface area (TPSA) is 86.0 Å². The molecule has 0 fully saturated rings. The molecule has 0 radical (unpaired) electrons. The first-order valence-corrected chi connectivity index (χ1v) is 5.00. The van der Waals surface area contributed by atoms with Crippen LogP contribution in [0.15, 0.2) is 18.3 Å². The highest BCUT2D eigenvalue weighted by molar-refractivity contribution is 5.68. The highest BCUT2D eigenvalue weighted by Gasteiger charge is 2.10. The van der Waals surface area contributed by atoms with Crippen LogP contribution in [0.5, 0.6) is 0 Å². The molecule has 1 unspecified atom stereocenters. The number of aromatic nitrogens is 1. The van der Waals surface area contributed by atoms with Gasteiger partial charge in [0.25, 0.3) is 0 Å². The number of carboxylic acid groups (broad SMARTS) is 1. The van der Waals surface area contributed by atoms with E-state index >= 15 is 0 Å². The van der Waals surface area contributed by atoms with Crippen LogP contribution in [-0.4, -0.2) is 22.1 Å². The number of carboxylic acids is 1. The average Bonchev–Trinajstić information content (AvgIpc) is 2.28. The molecule has 0 saturated heterocycles. The van der Waals surface area contributed by atoms with E-state index in [2.05, 4.69) is 10.3 Å². The molecule has 84 valence electrons. The van der Waals surface area contributed by atoms with Crippen molar-refractivity contribution >= 4 is 11.7 Å². The van der Waals surface area contributed by atoms with Crippen molar-refractivity contribution in [3.63, 3.8) is 0 Å². The first-order valence-electron chi connectivity index (χ1n) is 5.00. The number of carbonyl (C=O) groups is 1. The summed E-state index contributed by atoms with van der Waals surface area (Å²) in [6.45, 7) is 1.91. The van der Waals surface area contributed by atoms with Gasteiger partial charge in [-0.3, -0.25) is 4.79 Å². The van der Waals surface area contributed by atoms with Crippen molar-refractivity contribution in [3.8, 4) is 6.07 Å². The molecule has 1 rings (SSSR count). The summed E-state index contributed by atoms with van der Waals surface area (Å²) in [6, 6.07) is 5.11. The van der Waals surface area contributed by atoms with Crippen molar-refractivity contribution in [1.29, 1.82) is 5.26 Å². The van der Waals surface area contributed by atoms with E-state index in [1.807, 2.05) is 13.0 Å². The Bertz CT molecular complexity index is 395. The van der Waals surface area contributed by atoms with Gasteiger partial charge in [0.1, 0.15) is 11.8 Å². The lowest BCUT2D eigenvalue weighted by Crippen LogP contribution is -2.22. The van der Waals surface area contributed by atoms with Gasteiger partial charge in [0.15, 0.2) is 0 Å². The van der Waals surface area contributed by atoms with E-state index in [1.165, 1.54) is 6.20 Å². The van der Waals surface area contributed by atoms with Crippen molar-refractivity contribution in [1.82, 2.24) is 4.98 Å². The Balaban J connectivity index is 2.63. The minimum atomic E-state index is -0.832. The fraction of sp³-hybridized carbons (Fsp3) is 0.364. The minimum absolute atomic E-state index is 0.0660.